The molecule has 1 aromatic carbocycles. The smallest absolute Gasteiger partial charge is 0.255 e. The molecule has 6 nitrogen and oxygen atoms in total. The molecule has 2 aliphatic rings. The lowest BCUT2D eigenvalue weighted by molar-refractivity contribution is 0.0941. The van der Waals surface area contributed by atoms with Gasteiger partial charge in [0, 0.05) is 31.4 Å². The molecule has 2 aromatic rings. The molecule has 0 atom stereocenters. The fraction of sp³-hybridized carbons (Fsp3) is 0.412. The minimum atomic E-state index is -0.138. The van der Waals surface area contributed by atoms with Gasteiger partial charge in [-0.2, -0.15) is 0 Å². The summed E-state index contributed by atoms with van der Waals surface area (Å²) in [6.45, 7) is 2.27. The molecule has 4 rings (SSSR count). The molecular weight excluding hydrogens is 294 g/mol. The molecule has 23 heavy (non-hydrogen) atoms. The van der Waals surface area contributed by atoms with Crippen molar-refractivity contribution >= 4 is 5.91 Å². The molecule has 1 saturated carbocycles. The van der Waals surface area contributed by atoms with Gasteiger partial charge in [-0.15, -0.1) is 0 Å². The van der Waals surface area contributed by atoms with Crippen molar-refractivity contribution in [3.63, 3.8) is 0 Å². The molecule has 1 aromatic heterocycles. The highest BCUT2D eigenvalue weighted by molar-refractivity contribution is 5.97. The summed E-state index contributed by atoms with van der Waals surface area (Å²) < 4.78 is 13.2. The van der Waals surface area contributed by atoms with Crippen molar-refractivity contribution in [2.24, 2.45) is 0 Å². The summed E-state index contributed by atoms with van der Waals surface area (Å²) in [6, 6.07) is 5.39. The number of ether oxygens (including phenoxy) is 2. The van der Waals surface area contributed by atoms with E-state index in [0.29, 0.717) is 42.7 Å². The Morgan fingerprint density at radius 2 is 2.17 bits per heavy atom. The number of hydrogen-bond acceptors (Lipinski definition) is 4. The van der Waals surface area contributed by atoms with E-state index < -0.39 is 0 Å². The highest BCUT2D eigenvalue weighted by Gasteiger charge is 2.27. The van der Waals surface area contributed by atoms with Gasteiger partial charge in [-0.3, -0.25) is 4.79 Å². The van der Waals surface area contributed by atoms with Crippen LogP contribution >= 0.6 is 0 Å². The third kappa shape index (κ3) is 2.88. The molecule has 0 radical (unpaired) electrons. The van der Waals surface area contributed by atoms with Gasteiger partial charge < -0.3 is 19.4 Å². The van der Waals surface area contributed by atoms with Crippen molar-refractivity contribution in [1.29, 1.82) is 0 Å². The van der Waals surface area contributed by atoms with Gasteiger partial charge in [0.2, 0.25) is 0 Å². The number of fused-ring (bicyclic) bond motifs is 1. The van der Waals surface area contributed by atoms with Crippen molar-refractivity contribution in [3.05, 3.63) is 42.0 Å². The van der Waals surface area contributed by atoms with Crippen LogP contribution in [0.15, 0.2) is 30.6 Å². The summed E-state index contributed by atoms with van der Waals surface area (Å²) in [4.78, 5) is 16.8. The summed E-state index contributed by atoms with van der Waals surface area (Å²) in [5, 5.41) is 2.95. The molecule has 0 unspecified atom stereocenters. The van der Waals surface area contributed by atoms with Crippen LogP contribution < -0.4 is 14.8 Å². The predicted octanol–water partition coefficient (Wildman–Crippen LogP) is 1.96. The Morgan fingerprint density at radius 3 is 3.04 bits per heavy atom. The molecule has 120 valence electrons. The Labute approximate surface area is 134 Å². The zero-order valence-electron chi connectivity index (χ0n) is 12.8. The minimum absolute atomic E-state index is 0.138. The van der Waals surface area contributed by atoms with Crippen molar-refractivity contribution in [1.82, 2.24) is 14.9 Å². The second-order valence-corrected chi connectivity index (χ2v) is 5.84. The van der Waals surface area contributed by atoms with Gasteiger partial charge in [-0.1, -0.05) is 6.07 Å². The van der Waals surface area contributed by atoms with Crippen LogP contribution in [0.4, 0.5) is 0 Å². The van der Waals surface area contributed by atoms with Gasteiger partial charge in [-0.25, -0.2) is 4.98 Å². The first-order valence-electron chi connectivity index (χ1n) is 8.01. The second kappa shape index (κ2) is 5.95. The molecule has 0 saturated heterocycles. The van der Waals surface area contributed by atoms with Crippen LogP contribution in [0.5, 0.6) is 11.5 Å². The van der Waals surface area contributed by atoms with Gasteiger partial charge >= 0.3 is 0 Å². The van der Waals surface area contributed by atoms with Gasteiger partial charge in [0.15, 0.2) is 11.5 Å². The van der Waals surface area contributed by atoms with Gasteiger partial charge in [-0.05, 0) is 25.0 Å². The number of benzene rings is 1. The number of hydrogen-bond donors (Lipinski definition) is 1. The number of nitrogens with zero attached hydrogens (tertiary/aromatic N) is 2. The highest BCUT2D eigenvalue weighted by Crippen LogP contribution is 2.38. The van der Waals surface area contributed by atoms with Crippen molar-refractivity contribution < 1.29 is 14.3 Å². The fourth-order valence-corrected chi connectivity index (χ4v) is 2.85. The molecule has 1 amide bonds. The Kier molecular flexibility index (Phi) is 3.65. The third-order valence-electron chi connectivity index (χ3n) is 4.14. The van der Waals surface area contributed by atoms with E-state index in [0.717, 1.165) is 12.4 Å². The lowest BCUT2D eigenvalue weighted by Gasteiger charge is -2.20. The highest BCUT2D eigenvalue weighted by atomic mass is 16.6. The number of imidazole rings is 1. The number of carbonyl (C=O) groups is 1. The molecule has 2 heterocycles. The van der Waals surface area contributed by atoms with E-state index >= 15 is 0 Å². The number of para-hydroxylation sites is 1. The van der Waals surface area contributed by atoms with Crippen LogP contribution in [0.3, 0.4) is 0 Å². The van der Waals surface area contributed by atoms with Crippen LogP contribution in [0.2, 0.25) is 0 Å². The van der Waals surface area contributed by atoms with Gasteiger partial charge in [0.05, 0.1) is 5.56 Å². The summed E-state index contributed by atoms with van der Waals surface area (Å²) in [5.74, 6) is 2.77. The molecular formula is C17H19N3O3. The van der Waals surface area contributed by atoms with E-state index in [9.17, 15) is 4.79 Å². The zero-order valence-corrected chi connectivity index (χ0v) is 12.8. The SMILES string of the molecule is O=C(NCCn1ccnc1C1CC1)c1cccc2c1OCCO2. The normalized spacial score (nSPS) is 16.2. The van der Waals surface area contributed by atoms with E-state index in [1.54, 1.807) is 6.07 Å². The summed E-state index contributed by atoms with van der Waals surface area (Å²) in [7, 11) is 0. The van der Waals surface area contributed by atoms with E-state index in [1.165, 1.54) is 12.8 Å². The first-order chi connectivity index (χ1) is 11.3. The Morgan fingerprint density at radius 1 is 1.30 bits per heavy atom. The quantitative estimate of drug-likeness (QED) is 0.916. The maximum absolute atomic E-state index is 12.4. The van der Waals surface area contributed by atoms with Gasteiger partial charge in [0.25, 0.3) is 5.91 Å². The van der Waals surface area contributed by atoms with Crippen molar-refractivity contribution in [2.75, 3.05) is 19.8 Å². The lowest BCUT2D eigenvalue weighted by atomic mass is 10.1. The van der Waals surface area contributed by atoms with Crippen molar-refractivity contribution in [2.45, 2.75) is 25.3 Å². The predicted molar refractivity (Wildman–Crippen MR) is 84.0 cm³/mol. The second-order valence-electron chi connectivity index (χ2n) is 5.84. The Balaban J connectivity index is 1.39. The number of rotatable bonds is 5. The molecule has 0 bridgehead atoms. The molecule has 1 aliphatic carbocycles. The number of nitrogens with one attached hydrogen (secondary N) is 1. The minimum Gasteiger partial charge on any atom is -0.486 e. The Hall–Kier alpha value is -2.50. The van der Waals surface area contributed by atoms with Crippen molar-refractivity contribution in [3.8, 4) is 11.5 Å². The average molecular weight is 313 g/mol. The molecule has 0 spiro atoms. The summed E-state index contributed by atoms with van der Waals surface area (Å²) >= 11 is 0. The molecule has 1 fully saturated rings. The average Bonchev–Trinajstić information content (AvgIpc) is 3.33. The van der Waals surface area contributed by atoms with Crippen LogP contribution in [0.1, 0.15) is 34.9 Å². The maximum Gasteiger partial charge on any atom is 0.255 e. The van der Waals surface area contributed by atoms with Crippen LogP contribution in [-0.4, -0.2) is 35.2 Å². The van der Waals surface area contributed by atoms with E-state index in [4.69, 9.17) is 9.47 Å². The summed E-state index contributed by atoms with van der Waals surface area (Å²) in [6.07, 6.45) is 6.24. The third-order valence-corrected chi connectivity index (χ3v) is 4.14. The van der Waals surface area contributed by atoms with Crippen LogP contribution in [0, 0.1) is 0 Å². The first kappa shape index (κ1) is 14.1. The first-order valence-corrected chi connectivity index (χ1v) is 8.01. The van der Waals surface area contributed by atoms with E-state index in [1.807, 2.05) is 24.5 Å². The van der Waals surface area contributed by atoms with E-state index in [2.05, 4.69) is 14.9 Å². The Bertz CT molecular complexity index is 722. The molecule has 1 aliphatic heterocycles. The standard InChI is InChI=1S/C17H19N3O3/c21-17(13-2-1-3-14-15(13)23-11-10-22-14)19-7-9-20-8-6-18-16(20)12-4-5-12/h1-3,6,8,12H,4-5,7,9-11H2,(H,19,21). The number of carbonyl (C=O) groups excluding carboxylic acids is 1. The zero-order chi connectivity index (χ0) is 15.6. The fourth-order valence-electron chi connectivity index (χ4n) is 2.85. The van der Waals surface area contributed by atoms with Gasteiger partial charge in [0.1, 0.15) is 19.0 Å². The number of amides is 1. The molecule has 1 N–H and O–H groups in total. The lowest BCUT2D eigenvalue weighted by Crippen LogP contribution is -2.29. The van der Waals surface area contributed by atoms with E-state index in [-0.39, 0.29) is 5.91 Å². The topological polar surface area (TPSA) is 65.4 Å². The summed E-state index contributed by atoms with van der Waals surface area (Å²) in [5.41, 5.74) is 0.523. The van der Waals surface area contributed by atoms with Crippen LogP contribution in [0.25, 0.3) is 0 Å². The molecule has 6 heteroatoms. The van der Waals surface area contributed by atoms with Crippen LogP contribution in [-0.2, 0) is 6.54 Å². The number of aromatic nitrogens is 2. The largest absolute Gasteiger partial charge is 0.486 e. The maximum atomic E-state index is 12.4. The monoisotopic (exact) mass is 313 g/mol.